The molecule has 0 spiro atoms. The van der Waals surface area contributed by atoms with Gasteiger partial charge in [-0.3, -0.25) is 0 Å². The Morgan fingerprint density at radius 1 is 1.36 bits per heavy atom. The Hall–Kier alpha value is -1.00. The first-order valence-electron chi connectivity index (χ1n) is 3.89. The van der Waals surface area contributed by atoms with Gasteiger partial charge < -0.3 is 5.11 Å². The van der Waals surface area contributed by atoms with Crippen molar-refractivity contribution in [3.63, 3.8) is 0 Å². The molecule has 1 aliphatic heterocycles. The molecule has 0 saturated heterocycles. The molecule has 0 atom stereocenters. The smallest absolute Gasteiger partial charge is 0.206 e. The van der Waals surface area contributed by atoms with E-state index in [9.17, 15) is 13.5 Å². The van der Waals surface area contributed by atoms with Gasteiger partial charge in [-0.15, -0.1) is 0 Å². The lowest BCUT2D eigenvalue weighted by Crippen LogP contribution is -1.97. The summed E-state index contributed by atoms with van der Waals surface area (Å²) in [5.74, 6) is -0.184. The molecule has 0 saturated carbocycles. The number of benzene rings is 1. The fourth-order valence-electron chi connectivity index (χ4n) is 1.40. The quantitative estimate of drug-likeness (QED) is 0.745. The first-order valence-corrected chi connectivity index (χ1v) is 5.75. The van der Waals surface area contributed by atoms with Gasteiger partial charge in [0.1, 0.15) is 5.76 Å². The molecule has 3 nitrogen and oxygen atoms in total. The predicted octanol–water partition coefficient (Wildman–Crippen LogP) is 2.37. The first kappa shape index (κ1) is 9.55. The van der Waals surface area contributed by atoms with Crippen LogP contribution in [-0.2, 0) is 9.84 Å². The van der Waals surface area contributed by atoms with Crippen LogP contribution < -0.4 is 0 Å². The summed E-state index contributed by atoms with van der Waals surface area (Å²) in [6, 6.07) is 4.39. The number of aliphatic hydroxyl groups excluding tert-OH is 1. The Balaban J connectivity index is 2.87. The van der Waals surface area contributed by atoms with Crippen molar-refractivity contribution in [3.05, 3.63) is 33.7 Å². The van der Waals surface area contributed by atoms with E-state index in [1.807, 2.05) is 0 Å². The Labute approximate surface area is 86.6 Å². The molecular weight excluding hydrogens is 224 g/mol. The highest BCUT2D eigenvalue weighted by molar-refractivity contribution is 7.95. The third-order valence-corrected chi connectivity index (χ3v) is 4.38. The third-order valence-electron chi connectivity index (χ3n) is 2.22. The largest absolute Gasteiger partial charge is 0.506 e. The average Bonchev–Trinajstić information content (AvgIpc) is 2.29. The highest BCUT2D eigenvalue weighted by Gasteiger charge is 2.32. The minimum absolute atomic E-state index is 0.0187. The number of sulfone groups is 1. The Morgan fingerprint density at radius 2 is 2.00 bits per heavy atom. The number of fused-ring (bicyclic) bond motifs is 1. The summed E-state index contributed by atoms with van der Waals surface area (Å²) in [5, 5.41) is 9.88. The number of allylic oxidation sites excluding steroid dienone is 1. The van der Waals surface area contributed by atoms with Gasteiger partial charge in [-0.1, -0.05) is 11.6 Å². The van der Waals surface area contributed by atoms with Crippen molar-refractivity contribution >= 4 is 27.2 Å². The molecule has 0 amide bonds. The van der Waals surface area contributed by atoms with Crippen molar-refractivity contribution in [2.75, 3.05) is 0 Å². The minimum Gasteiger partial charge on any atom is -0.506 e. The van der Waals surface area contributed by atoms with Gasteiger partial charge in [0.25, 0.3) is 0 Å². The lowest BCUT2D eigenvalue weighted by atomic mass is 10.2. The van der Waals surface area contributed by atoms with Gasteiger partial charge in [0, 0.05) is 10.6 Å². The van der Waals surface area contributed by atoms with E-state index >= 15 is 0 Å². The SMILES string of the molecule is CC1=C(O)c2ccc(Cl)cc2S1(=O)=O. The second kappa shape index (κ2) is 2.74. The average molecular weight is 231 g/mol. The van der Waals surface area contributed by atoms with Gasteiger partial charge in [-0.2, -0.15) is 0 Å². The summed E-state index contributed by atoms with van der Waals surface area (Å²) in [5.41, 5.74) is 0.326. The van der Waals surface area contributed by atoms with E-state index in [-0.39, 0.29) is 15.6 Å². The minimum atomic E-state index is -3.51. The molecule has 1 N–H and O–H groups in total. The maximum atomic E-state index is 11.7. The van der Waals surface area contributed by atoms with Crippen LogP contribution in [0.2, 0.25) is 5.02 Å². The molecule has 0 aromatic heterocycles. The molecule has 0 radical (unpaired) electrons. The third kappa shape index (κ3) is 1.07. The first-order chi connectivity index (χ1) is 6.44. The topological polar surface area (TPSA) is 54.4 Å². The maximum Gasteiger partial charge on any atom is 0.206 e. The molecule has 0 bridgehead atoms. The Kier molecular flexibility index (Phi) is 1.87. The van der Waals surface area contributed by atoms with E-state index in [2.05, 4.69) is 0 Å². The number of aliphatic hydroxyl groups is 1. The van der Waals surface area contributed by atoms with Gasteiger partial charge in [0.05, 0.1) is 9.80 Å². The number of halogens is 1. The van der Waals surface area contributed by atoms with Gasteiger partial charge in [-0.25, -0.2) is 8.42 Å². The number of hydrogen-bond donors (Lipinski definition) is 1. The normalized spacial score (nSPS) is 18.4. The number of hydrogen-bond acceptors (Lipinski definition) is 3. The highest BCUT2D eigenvalue weighted by atomic mass is 35.5. The second-order valence-corrected chi connectivity index (χ2v) is 5.54. The molecule has 0 fully saturated rings. The summed E-state index contributed by atoms with van der Waals surface area (Å²) in [6.07, 6.45) is 0. The van der Waals surface area contributed by atoms with Gasteiger partial charge >= 0.3 is 0 Å². The zero-order chi connectivity index (χ0) is 10.5. The van der Waals surface area contributed by atoms with Crippen molar-refractivity contribution in [3.8, 4) is 0 Å². The Bertz CT molecular complexity index is 543. The second-order valence-electron chi connectivity index (χ2n) is 3.05. The maximum absolute atomic E-state index is 11.7. The van der Waals surface area contributed by atoms with Crippen LogP contribution in [0.5, 0.6) is 0 Å². The van der Waals surface area contributed by atoms with Gasteiger partial charge in [0.2, 0.25) is 9.84 Å². The van der Waals surface area contributed by atoms with Crippen LogP contribution in [0.25, 0.3) is 5.76 Å². The molecule has 0 unspecified atom stereocenters. The Morgan fingerprint density at radius 3 is 2.64 bits per heavy atom. The van der Waals surface area contributed by atoms with Crippen LogP contribution >= 0.6 is 11.6 Å². The van der Waals surface area contributed by atoms with Crippen LogP contribution in [0.4, 0.5) is 0 Å². The van der Waals surface area contributed by atoms with E-state index in [0.717, 1.165) is 0 Å². The van der Waals surface area contributed by atoms with Crippen LogP contribution in [0.3, 0.4) is 0 Å². The van der Waals surface area contributed by atoms with E-state index in [1.165, 1.54) is 19.1 Å². The van der Waals surface area contributed by atoms with E-state index < -0.39 is 9.84 Å². The molecular formula is C9H7ClO3S. The van der Waals surface area contributed by atoms with Crippen LogP contribution in [0.15, 0.2) is 28.0 Å². The van der Waals surface area contributed by atoms with Crippen LogP contribution in [-0.4, -0.2) is 13.5 Å². The molecule has 5 heteroatoms. The molecule has 0 aliphatic carbocycles. The zero-order valence-corrected chi connectivity index (χ0v) is 8.85. The molecule has 1 aromatic carbocycles. The summed E-state index contributed by atoms with van der Waals surface area (Å²) in [7, 11) is -3.51. The highest BCUT2D eigenvalue weighted by Crippen LogP contribution is 2.38. The summed E-state index contributed by atoms with van der Waals surface area (Å²) < 4.78 is 23.3. The molecule has 1 heterocycles. The van der Waals surface area contributed by atoms with E-state index in [0.29, 0.717) is 10.6 Å². The lowest BCUT2D eigenvalue weighted by molar-refractivity contribution is 0.509. The van der Waals surface area contributed by atoms with Crippen LogP contribution in [0, 0.1) is 0 Å². The molecule has 1 aromatic rings. The van der Waals surface area contributed by atoms with E-state index in [4.69, 9.17) is 11.6 Å². The van der Waals surface area contributed by atoms with Crippen molar-refractivity contribution in [1.29, 1.82) is 0 Å². The molecule has 2 rings (SSSR count). The summed E-state index contributed by atoms with van der Waals surface area (Å²) >= 11 is 5.68. The van der Waals surface area contributed by atoms with Crippen molar-refractivity contribution in [2.45, 2.75) is 11.8 Å². The zero-order valence-electron chi connectivity index (χ0n) is 7.28. The summed E-state index contributed by atoms with van der Waals surface area (Å²) in [4.78, 5) is 0.0646. The summed E-state index contributed by atoms with van der Waals surface area (Å²) in [6.45, 7) is 1.37. The number of rotatable bonds is 0. The van der Waals surface area contributed by atoms with Gasteiger partial charge in [0.15, 0.2) is 0 Å². The monoisotopic (exact) mass is 230 g/mol. The van der Waals surface area contributed by atoms with Gasteiger partial charge in [-0.05, 0) is 25.1 Å². The standard InChI is InChI=1S/C9H7ClO3S/c1-5-9(11)7-3-2-6(10)4-8(7)14(5,12)13/h2-4,11H,1H3. The van der Waals surface area contributed by atoms with E-state index in [1.54, 1.807) is 6.07 Å². The van der Waals surface area contributed by atoms with Crippen molar-refractivity contribution in [2.24, 2.45) is 0 Å². The molecule has 14 heavy (non-hydrogen) atoms. The lowest BCUT2D eigenvalue weighted by Gasteiger charge is -1.98. The fraction of sp³-hybridized carbons (Fsp3) is 0.111. The van der Waals surface area contributed by atoms with Crippen molar-refractivity contribution in [1.82, 2.24) is 0 Å². The van der Waals surface area contributed by atoms with Crippen LogP contribution in [0.1, 0.15) is 12.5 Å². The predicted molar refractivity (Wildman–Crippen MR) is 53.9 cm³/mol. The molecule has 74 valence electrons. The fourth-order valence-corrected chi connectivity index (χ4v) is 3.06. The molecule has 1 aliphatic rings. The van der Waals surface area contributed by atoms with Crippen molar-refractivity contribution < 1.29 is 13.5 Å².